The molecule has 1 rings (SSSR count). The predicted molar refractivity (Wildman–Crippen MR) is 23.8 cm³/mol. The van der Waals surface area contributed by atoms with Gasteiger partial charge in [-0.25, -0.2) is 0 Å². The van der Waals surface area contributed by atoms with Gasteiger partial charge >= 0.3 is 35.4 Å². The average Bonchev–Trinajstić information content (AvgIpc) is 1.86. The van der Waals surface area contributed by atoms with Crippen molar-refractivity contribution in [2.24, 2.45) is 4.90 Å². The van der Waals surface area contributed by atoms with Gasteiger partial charge in [0.15, 0.2) is 0 Å². The first-order chi connectivity index (χ1) is 2.89. The van der Waals surface area contributed by atoms with Crippen molar-refractivity contribution in [1.82, 2.24) is 0 Å². The van der Waals surface area contributed by atoms with Crippen molar-refractivity contribution in [2.75, 3.05) is 6.54 Å². The summed E-state index contributed by atoms with van der Waals surface area (Å²) in [5.41, 5.74) is 0.287. The quantitative estimate of drug-likeness (QED) is 0.417. The monoisotopic (exact) mass is 81.0 g/mol. The first-order valence-corrected chi connectivity index (χ1v) is 1.78. The van der Waals surface area contributed by atoms with Gasteiger partial charge in [-0.1, -0.05) is 0 Å². The van der Waals surface area contributed by atoms with Crippen LogP contribution >= 0.6 is 0 Å². The molecule has 3 heteroatoms. The fraction of sp³-hybridized carbons (Fsp3) is 0.333. The van der Waals surface area contributed by atoms with Crippen LogP contribution in [0.25, 0.3) is 0 Å². The molecule has 0 unspecified atom stereocenters. The average molecular weight is 80.9 g/mol. The van der Waals surface area contributed by atoms with Crippen LogP contribution in [0.2, 0.25) is 0 Å². The Bertz CT molecular complexity index is 105. The van der Waals surface area contributed by atoms with Crippen LogP contribution in [0.1, 0.15) is 0 Å². The Morgan fingerprint density at radius 2 is 2.83 bits per heavy atom. The molecular formula is C3H4BNO. The van der Waals surface area contributed by atoms with Crippen molar-refractivity contribution in [3.05, 3.63) is 11.7 Å². The van der Waals surface area contributed by atoms with Crippen LogP contribution in [0.4, 0.5) is 0 Å². The van der Waals surface area contributed by atoms with Crippen LogP contribution in [0.5, 0.6) is 0 Å². The zero-order valence-electron chi connectivity index (χ0n) is 3.26. The number of aliphatic hydroxyl groups excluding tert-OH is 1. The molecule has 1 aliphatic heterocycles. The van der Waals surface area contributed by atoms with Crippen LogP contribution in [0.15, 0.2) is 16.6 Å². The van der Waals surface area contributed by atoms with E-state index in [1.54, 1.807) is 6.08 Å². The maximum absolute atomic E-state index is 8.44. The summed E-state index contributed by atoms with van der Waals surface area (Å²) in [6, 6.07) is 0. The summed E-state index contributed by atoms with van der Waals surface area (Å²) < 4.78 is 0. The number of hydrogen-bond acceptors (Lipinski definition) is 2. The van der Waals surface area contributed by atoms with Gasteiger partial charge in [0, 0.05) is 0 Å². The SMILES string of the molecule is OC1=CCN=B1. The number of hydrogen-bond donors (Lipinski definition) is 1. The molecule has 1 N–H and O–H groups in total. The van der Waals surface area contributed by atoms with Gasteiger partial charge in [0.2, 0.25) is 0 Å². The molecule has 0 aromatic carbocycles. The topological polar surface area (TPSA) is 32.6 Å². The second kappa shape index (κ2) is 1.24. The molecule has 0 aromatic heterocycles. The molecule has 0 atom stereocenters. The summed E-state index contributed by atoms with van der Waals surface area (Å²) in [5, 5.41) is 8.44. The number of nitrogens with zero attached hydrogens (tertiary/aromatic N) is 1. The van der Waals surface area contributed by atoms with E-state index in [9.17, 15) is 0 Å². The third-order valence-corrected chi connectivity index (χ3v) is 0.629. The van der Waals surface area contributed by atoms with Crippen LogP contribution < -0.4 is 0 Å². The Kier molecular flexibility index (Phi) is 0.745. The molecule has 0 fully saturated rings. The molecule has 6 heavy (non-hydrogen) atoms. The van der Waals surface area contributed by atoms with Crippen molar-refractivity contribution in [1.29, 1.82) is 0 Å². The van der Waals surface area contributed by atoms with Crippen LogP contribution in [0, 0.1) is 0 Å². The zero-order valence-corrected chi connectivity index (χ0v) is 3.26. The van der Waals surface area contributed by atoms with Crippen molar-refractivity contribution >= 4 is 7.07 Å². The Labute approximate surface area is 36.5 Å². The van der Waals surface area contributed by atoms with Gasteiger partial charge in [-0.2, -0.15) is 0 Å². The Hall–Kier alpha value is -0.595. The minimum absolute atomic E-state index is 0.287. The first kappa shape index (κ1) is 3.59. The molecular weight excluding hydrogens is 76.9 g/mol. The van der Waals surface area contributed by atoms with E-state index in [0.717, 1.165) is 0 Å². The summed E-state index contributed by atoms with van der Waals surface area (Å²) in [4.78, 5) is 3.70. The van der Waals surface area contributed by atoms with Crippen LogP contribution in [-0.4, -0.2) is 18.7 Å². The van der Waals surface area contributed by atoms with E-state index in [4.69, 9.17) is 5.11 Å². The molecule has 0 spiro atoms. The van der Waals surface area contributed by atoms with E-state index in [-0.39, 0.29) is 5.66 Å². The molecule has 30 valence electrons. The first-order valence-electron chi connectivity index (χ1n) is 1.78. The van der Waals surface area contributed by atoms with Gasteiger partial charge < -0.3 is 0 Å². The van der Waals surface area contributed by atoms with E-state index in [1.807, 2.05) is 0 Å². The van der Waals surface area contributed by atoms with Crippen molar-refractivity contribution in [3.8, 4) is 0 Å². The number of rotatable bonds is 0. The second-order valence-corrected chi connectivity index (χ2v) is 1.12. The van der Waals surface area contributed by atoms with Crippen molar-refractivity contribution in [3.63, 3.8) is 0 Å². The van der Waals surface area contributed by atoms with Gasteiger partial charge in [0.25, 0.3) is 0 Å². The molecule has 2 nitrogen and oxygen atoms in total. The molecule has 0 bridgehead atoms. The van der Waals surface area contributed by atoms with Gasteiger partial charge in [-0.15, -0.1) is 0 Å². The van der Waals surface area contributed by atoms with Crippen molar-refractivity contribution in [2.45, 2.75) is 0 Å². The van der Waals surface area contributed by atoms with E-state index >= 15 is 0 Å². The van der Waals surface area contributed by atoms with Crippen LogP contribution in [-0.2, 0) is 0 Å². The standard InChI is InChI=1S/C3H4BNO/c6-3-1-2-5-4-3/h1,6H,2H2. The summed E-state index contributed by atoms with van der Waals surface area (Å²) in [7, 11) is 1.44. The third kappa shape index (κ3) is 0.480. The van der Waals surface area contributed by atoms with E-state index in [0.29, 0.717) is 6.54 Å². The molecule has 1 aliphatic rings. The zero-order chi connectivity index (χ0) is 4.41. The Morgan fingerprint density at radius 1 is 2.00 bits per heavy atom. The predicted octanol–water partition coefficient (Wildman–Crippen LogP) is 0.287. The van der Waals surface area contributed by atoms with Gasteiger partial charge in [-0.05, 0) is 0 Å². The Morgan fingerprint density at radius 3 is 3.00 bits per heavy atom. The third-order valence-electron chi connectivity index (χ3n) is 0.629. The summed E-state index contributed by atoms with van der Waals surface area (Å²) >= 11 is 0. The van der Waals surface area contributed by atoms with Gasteiger partial charge in [0.05, 0.1) is 0 Å². The normalized spacial score (nSPS) is 17.0. The van der Waals surface area contributed by atoms with Crippen LogP contribution in [0.3, 0.4) is 0 Å². The van der Waals surface area contributed by atoms with E-state index in [2.05, 4.69) is 4.90 Å². The Balaban J connectivity index is 2.68. The molecule has 0 saturated heterocycles. The van der Waals surface area contributed by atoms with E-state index in [1.165, 1.54) is 7.07 Å². The van der Waals surface area contributed by atoms with Gasteiger partial charge in [-0.3, -0.25) is 0 Å². The van der Waals surface area contributed by atoms with Crippen molar-refractivity contribution < 1.29 is 5.11 Å². The fourth-order valence-electron chi connectivity index (χ4n) is 0.345. The molecule has 0 amide bonds. The number of aliphatic hydroxyl groups is 1. The summed E-state index contributed by atoms with van der Waals surface area (Å²) in [5.74, 6) is 0. The molecule has 0 saturated carbocycles. The molecule has 0 aliphatic carbocycles. The molecule has 0 radical (unpaired) electrons. The minimum atomic E-state index is 0.287. The second-order valence-electron chi connectivity index (χ2n) is 1.12. The van der Waals surface area contributed by atoms with E-state index < -0.39 is 0 Å². The summed E-state index contributed by atoms with van der Waals surface area (Å²) in [6.07, 6.45) is 1.65. The summed E-state index contributed by atoms with van der Waals surface area (Å²) in [6.45, 7) is 0.645. The fourth-order valence-corrected chi connectivity index (χ4v) is 0.345. The molecule has 1 heterocycles. The molecule has 0 aromatic rings. The maximum atomic E-state index is 8.44. The van der Waals surface area contributed by atoms with Gasteiger partial charge in [0.1, 0.15) is 0 Å².